The first kappa shape index (κ1) is 36.2. The summed E-state index contributed by atoms with van der Waals surface area (Å²) in [6.45, 7) is 0. The summed E-state index contributed by atoms with van der Waals surface area (Å²) >= 11 is 0. The van der Waals surface area contributed by atoms with Gasteiger partial charge < -0.3 is 13.4 Å². The second-order valence-corrected chi connectivity index (χ2v) is 17.6. The van der Waals surface area contributed by atoms with E-state index in [0.29, 0.717) is 17.5 Å². The van der Waals surface area contributed by atoms with Gasteiger partial charge in [-0.15, -0.1) is 0 Å². The van der Waals surface area contributed by atoms with Gasteiger partial charge in [0, 0.05) is 60.1 Å². The lowest BCUT2D eigenvalue weighted by atomic mass is 10.0. The van der Waals surface area contributed by atoms with Crippen molar-refractivity contribution in [3.63, 3.8) is 0 Å². The molecule has 15 aromatic rings. The molecule has 6 heteroatoms. The second kappa shape index (κ2) is 13.7. The summed E-state index contributed by atoms with van der Waals surface area (Å²) in [5.41, 5.74) is 9.43. The van der Waals surface area contributed by atoms with Crippen LogP contribution < -0.4 is 0 Å². The van der Waals surface area contributed by atoms with Gasteiger partial charge in [0.15, 0.2) is 17.5 Å². The first-order valence-electron chi connectivity index (χ1n) is 22.6. The first-order chi connectivity index (χ1) is 33.1. The minimum atomic E-state index is 0.585. The van der Waals surface area contributed by atoms with Crippen LogP contribution in [-0.4, -0.2) is 19.5 Å². The van der Waals surface area contributed by atoms with Gasteiger partial charge in [-0.2, -0.15) is 0 Å². The summed E-state index contributed by atoms with van der Waals surface area (Å²) in [6.07, 6.45) is 0. The largest absolute Gasteiger partial charge is 0.456 e. The van der Waals surface area contributed by atoms with Crippen molar-refractivity contribution in [3.05, 3.63) is 206 Å². The summed E-state index contributed by atoms with van der Waals surface area (Å²) < 4.78 is 15.3. The summed E-state index contributed by atoms with van der Waals surface area (Å²) in [6, 6.07) is 72.9. The van der Waals surface area contributed by atoms with E-state index >= 15 is 0 Å². The van der Waals surface area contributed by atoms with Gasteiger partial charge in [-0.3, -0.25) is 0 Å². The highest BCUT2D eigenvalue weighted by Gasteiger charge is 2.20. The molecule has 0 fully saturated rings. The Labute approximate surface area is 381 Å². The maximum absolute atomic E-state index is 6.67. The lowest BCUT2D eigenvalue weighted by molar-refractivity contribution is 0.668. The van der Waals surface area contributed by atoms with Crippen LogP contribution in [0.2, 0.25) is 0 Å². The van der Waals surface area contributed by atoms with Crippen molar-refractivity contribution in [2.24, 2.45) is 0 Å². The third-order valence-corrected chi connectivity index (χ3v) is 13.7. The van der Waals surface area contributed by atoms with Crippen LogP contribution in [0.15, 0.2) is 215 Å². The van der Waals surface area contributed by atoms with Crippen molar-refractivity contribution < 1.29 is 8.83 Å². The molecule has 0 bridgehead atoms. The van der Waals surface area contributed by atoms with Gasteiger partial charge in [-0.05, 0) is 110 Å². The average Bonchev–Trinajstić information content (AvgIpc) is 4.06. The van der Waals surface area contributed by atoms with Crippen molar-refractivity contribution in [3.8, 4) is 39.9 Å². The molecule has 0 spiro atoms. The van der Waals surface area contributed by atoms with Crippen LogP contribution >= 0.6 is 0 Å². The van der Waals surface area contributed by atoms with Gasteiger partial charge in [0.2, 0.25) is 0 Å². The normalized spacial score (nSPS) is 12.2. The fourth-order valence-corrected chi connectivity index (χ4v) is 10.5. The minimum absolute atomic E-state index is 0.585. The highest BCUT2D eigenvalue weighted by atomic mass is 16.3. The number of hydrogen-bond donors (Lipinski definition) is 0. The highest BCUT2D eigenvalue weighted by molar-refractivity contribution is 6.22. The second-order valence-electron chi connectivity index (χ2n) is 17.6. The molecule has 11 aromatic carbocycles. The average molecular weight is 855 g/mol. The van der Waals surface area contributed by atoms with Crippen molar-refractivity contribution >= 4 is 109 Å². The van der Waals surface area contributed by atoms with Gasteiger partial charge >= 0.3 is 0 Å². The number of furan rings is 2. The Hall–Kier alpha value is -9.13. The Kier molecular flexibility index (Phi) is 7.40. The van der Waals surface area contributed by atoms with E-state index in [1.54, 1.807) is 0 Å². The van der Waals surface area contributed by atoms with Crippen LogP contribution in [-0.2, 0) is 0 Å². The quantitative estimate of drug-likeness (QED) is 0.176. The number of aromatic nitrogens is 4. The Balaban J connectivity index is 0.953. The van der Waals surface area contributed by atoms with E-state index in [4.69, 9.17) is 23.8 Å². The zero-order valence-electron chi connectivity index (χ0n) is 35.7. The van der Waals surface area contributed by atoms with E-state index in [1.165, 1.54) is 37.8 Å². The molecule has 6 nitrogen and oxygen atoms in total. The van der Waals surface area contributed by atoms with E-state index < -0.39 is 0 Å². The van der Waals surface area contributed by atoms with Gasteiger partial charge in [0.25, 0.3) is 0 Å². The molecule has 0 saturated carbocycles. The molecule has 0 amide bonds. The van der Waals surface area contributed by atoms with Crippen LogP contribution in [0.3, 0.4) is 0 Å². The number of para-hydroxylation sites is 1. The molecule has 4 aromatic heterocycles. The summed E-state index contributed by atoms with van der Waals surface area (Å²) in [4.78, 5) is 15.6. The van der Waals surface area contributed by atoms with Gasteiger partial charge in [-0.1, -0.05) is 133 Å². The number of nitrogens with zero attached hydrogens (tertiary/aromatic N) is 4. The predicted molar refractivity (Wildman–Crippen MR) is 275 cm³/mol. The molecule has 0 atom stereocenters. The lowest BCUT2D eigenvalue weighted by Crippen LogP contribution is -2.00. The Morgan fingerprint density at radius 2 is 0.821 bits per heavy atom. The van der Waals surface area contributed by atoms with Crippen LogP contribution in [0.25, 0.3) is 149 Å². The molecule has 0 N–H and O–H groups in total. The van der Waals surface area contributed by atoms with Crippen molar-refractivity contribution in [1.82, 2.24) is 19.5 Å². The molecule has 0 aliphatic heterocycles. The number of hydrogen-bond acceptors (Lipinski definition) is 5. The molecule has 0 aliphatic rings. The zero-order valence-corrected chi connectivity index (χ0v) is 35.7. The number of rotatable bonds is 4. The number of fused-ring (bicyclic) bond motifs is 15. The van der Waals surface area contributed by atoms with Gasteiger partial charge in [-0.25, -0.2) is 15.0 Å². The Bertz CT molecular complexity index is 4590. The monoisotopic (exact) mass is 854 g/mol. The summed E-state index contributed by atoms with van der Waals surface area (Å²) in [7, 11) is 0. The predicted octanol–water partition coefficient (Wildman–Crippen LogP) is 16.4. The molecule has 67 heavy (non-hydrogen) atoms. The minimum Gasteiger partial charge on any atom is -0.456 e. The van der Waals surface area contributed by atoms with Crippen LogP contribution in [0, 0.1) is 0 Å². The van der Waals surface area contributed by atoms with Gasteiger partial charge in [0.05, 0.1) is 11.0 Å². The molecular formula is C61H34N4O2. The molecule has 310 valence electrons. The SMILES string of the molecule is c1ccc2cc(-c3nc(-c4ccc5oc6ccccc6c5c4)nc(-c4ccc5ccc6oc7ccc(-n8c9cc%10ccccc%10cc9c9ccc%10ccccc%10c98)cc7c6c5c4)n3)ccc2c1. The Morgan fingerprint density at radius 3 is 1.63 bits per heavy atom. The van der Waals surface area contributed by atoms with Crippen molar-refractivity contribution in [2.45, 2.75) is 0 Å². The molecule has 15 rings (SSSR count). The van der Waals surface area contributed by atoms with E-state index in [-0.39, 0.29) is 0 Å². The van der Waals surface area contributed by atoms with Crippen molar-refractivity contribution in [1.29, 1.82) is 0 Å². The topological polar surface area (TPSA) is 69.9 Å². The molecular weight excluding hydrogens is 821 g/mol. The summed E-state index contributed by atoms with van der Waals surface area (Å²) in [5.74, 6) is 1.77. The Morgan fingerprint density at radius 1 is 0.299 bits per heavy atom. The van der Waals surface area contributed by atoms with E-state index in [9.17, 15) is 0 Å². The fraction of sp³-hybridized carbons (Fsp3) is 0. The zero-order chi connectivity index (χ0) is 43.7. The summed E-state index contributed by atoms with van der Waals surface area (Å²) in [5, 5.41) is 15.9. The lowest BCUT2D eigenvalue weighted by Gasteiger charge is -2.11. The molecule has 0 saturated heterocycles. The smallest absolute Gasteiger partial charge is 0.164 e. The van der Waals surface area contributed by atoms with Crippen molar-refractivity contribution in [2.75, 3.05) is 0 Å². The number of benzene rings is 11. The van der Waals surface area contributed by atoms with E-state index in [2.05, 4.69) is 180 Å². The highest BCUT2D eigenvalue weighted by Crippen LogP contribution is 2.42. The first-order valence-corrected chi connectivity index (χ1v) is 22.6. The van der Waals surface area contributed by atoms with E-state index in [1.807, 2.05) is 30.3 Å². The third kappa shape index (κ3) is 5.47. The fourth-order valence-electron chi connectivity index (χ4n) is 10.5. The molecule has 4 heterocycles. The van der Waals surface area contributed by atoms with E-state index in [0.717, 1.165) is 93.3 Å². The molecule has 0 aliphatic carbocycles. The standard InChI is InChI=1S/C61H34N4O2/c1-2-11-38-29-41(19-17-35(38)9-1)59-62-60(64-61(63-59)43-23-26-54-50(32-43)46-15-7-8-16-53(46)66-54)42-20-18-37-22-27-56-57(48(37)31-42)51-34-44(24-28-55(51)67-56)65-52-33-40-13-4-3-12-39(40)30-49(52)47-25-21-36-10-5-6-14-45(36)58(47)65/h1-34H. The van der Waals surface area contributed by atoms with Crippen LogP contribution in [0.5, 0.6) is 0 Å². The van der Waals surface area contributed by atoms with Crippen LogP contribution in [0.4, 0.5) is 0 Å². The van der Waals surface area contributed by atoms with Crippen LogP contribution in [0.1, 0.15) is 0 Å². The maximum Gasteiger partial charge on any atom is 0.164 e. The molecule has 0 unspecified atom stereocenters. The third-order valence-electron chi connectivity index (χ3n) is 13.7. The van der Waals surface area contributed by atoms with Gasteiger partial charge in [0.1, 0.15) is 22.3 Å². The maximum atomic E-state index is 6.67. The molecule has 0 radical (unpaired) electrons.